The molecule has 3 nitrogen and oxygen atoms in total. The van der Waals surface area contributed by atoms with Gasteiger partial charge in [-0.2, -0.15) is 0 Å². The number of aryl methyl sites for hydroxylation is 2. The molecule has 2 N–H and O–H groups in total. The first-order chi connectivity index (χ1) is 9.63. The Labute approximate surface area is 118 Å². The van der Waals surface area contributed by atoms with Crippen molar-refractivity contribution in [3.8, 4) is 11.6 Å². The zero-order valence-corrected chi connectivity index (χ0v) is 11.6. The molecule has 0 aliphatic heterocycles. The molecular weight excluding hydrogens is 248 g/mol. The normalized spacial score (nSPS) is 10.7. The minimum absolute atomic E-state index is 0.632. The lowest BCUT2D eigenvalue weighted by Crippen LogP contribution is -1.94. The van der Waals surface area contributed by atoms with Crippen LogP contribution in [0.2, 0.25) is 0 Å². The molecule has 0 amide bonds. The topological polar surface area (TPSA) is 48.1 Å². The van der Waals surface area contributed by atoms with Crippen molar-refractivity contribution in [2.45, 2.75) is 13.8 Å². The fraction of sp³-hybridized carbons (Fsp3) is 0.118. The molecule has 0 fully saturated rings. The van der Waals surface area contributed by atoms with Gasteiger partial charge in [0.25, 0.3) is 0 Å². The molecule has 0 radical (unpaired) electrons. The number of anilines is 1. The number of aromatic nitrogens is 1. The van der Waals surface area contributed by atoms with Crippen molar-refractivity contribution in [3.63, 3.8) is 0 Å². The number of benzene rings is 2. The third kappa shape index (κ3) is 2.30. The highest BCUT2D eigenvalue weighted by molar-refractivity contribution is 5.80. The molecule has 0 bridgehead atoms. The fourth-order valence-corrected chi connectivity index (χ4v) is 2.13. The second-order valence-electron chi connectivity index (χ2n) is 4.92. The Hall–Kier alpha value is -2.55. The zero-order valence-electron chi connectivity index (χ0n) is 11.6. The molecule has 0 unspecified atom stereocenters. The summed E-state index contributed by atoms with van der Waals surface area (Å²) in [6.45, 7) is 3.96. The Morgan fingerprint density at radius 1 is 0.950 bits per heavy atom. The second-order valence-corrected chi connectivity index (χ2v) is 4.92. The maximum atomic E-state index is 5.89. The number of nitrogens with zero attached hydrogens (tertiary/aromatic N) is 1. The predicted octanol–water partition coefficient (Wildman–Crippen LogP) is 4.23. The number of hydrogen-bond donors (Lipinski definition) is 1. The van der Waals surface area contributed by atoms with Gasteiger partial charge in [-0.1, -0.05) is 18.2 Å². The third-order valence-electron chi connectivity index (χ3n) is 3.32. The number of rotatable bonds is 2. The summed E-state index contributed by atoms with van der Waals surface area (Å²) < 4.78 is 5.89. The average Bonchev–Trinajstić information content (AvgIpc) is 2.44. The summed E-state index contributed by atoms with van der Waals surface area (Å²) in [5, 5.41) is 1.12. The van der Waals surface area contributed by atoms with Crippen molar-refractivity contribution in [1.82, 2.24) is 4.98 Å². The van der Waals surface area contributed by atoms with Crippen LogP contribution in [0.5, 0.6) is 11.6 Å². The van der Waals surface area contributed by atoms with E-state index in [0.29, 0.717) is 5.88 Å². The van der Waals surface area contributed by atoms with Crippen LogP contribution in [0.4, 0.5) is 5.69 Å². The Balaban J connectivity index is 2.01. The lowest BCUT2D eigenvalue weighted by molar-refractivity contribution is 0.461. The molecular formula is C17H16N2O. The van der Waals surface area contributed by atoms with Crippen LogP contribution < -0.4 is 10.5 Å². The van der Waals surface area contributed by atoms with Crippen molar-refractivity contribution in [1.29, 1.82) is 0 Å². The van der Waals surface area contributed by atoms with Crippen molar-refractivity contribution in [2.75, 3.05) is 5.73 Å². The van der Waals surface area contributed by atoms with Gasteiger partial charge in [0, 0.05) is 16.6 Å². The summed E-state index contributed by atoms with van der Waals surface area (Å²) in [5.74, 6) is 1.38. The average molecular weight is 264 g/mol. The third-order valence-corrected chi connectivity index (χ3v) is 3.32. The molecule has 100 valence electrons. The van der Waals surface area contributed by atoms with Crippen LogP contribution in [0.15, 0.2) is 48.5 Å². The van der Waals surface area contributed by atoms with Crippen LogP contribution in [0.1, 0.15) is 11.1 Å². The summed E-state index contributed by atoms with van der Waals surface area (Å²) in [4.78, 5) is 4.57. The zero-order chi connectivity index (χ0) is 14.1. The molecule has 3 rings (SSSR count). The van der Waals surface area contributed by atoms with Gasteiger partial charge in [0.2, 0.25) is 5.88 Å². The van der Waals surface area contributed by atoms with Gasteiger partial charge in [-0.3, -0.25) is 0 Å². The molecule has 0 saturated carbocycles. The molecule has 1 heterocycles. The number of fused-ring (bicyclic) bond motifs is 1. The number of nitrogens with two attached hydrogens (primary N) is 1. The summed E-state index contributed by atoms with van der Waals surface area (Å²) in [6.07, 6.45) is 0. The van der Waals surface area contributed by atoms with E-state index in [1.165, 1.54) is 0 Å². The molecule has 3 aromatic rings. The molecule has 0 atom stereocenters. The Morgan fingerprint density at radius 2 is 1.75 bits per heavy atom. The monoisotopic (exact) mass is 264 g/mol. The molecule has 3 heteroatoms. The molecule has 0 saturated heterocycles. The Morgan fingerprint density at radius 3 is 2.55 bits per heavy atom. The second kappa shape index (κ2) is 4.85. The van der Waals surface area contributed by atoms with Gasteiger partial charge in [0.15, 0.2) is 0 Å². The van der Waals surface area contributed by atoms with Crippen molar-refractivity contribution < 1.29 is 4.74 Å². The van der Waals surface area contributed by atoms with Gasteiger partial charge in [0.1, 0.15) is 5.75 Å². The highest BCUT2D eigenvalue weighted by Gasteiger charge is 2.06. The quantitative estimate of drug-likeness (QED) is 0.705. The van der Waals surface area contributed by atoms with E-state index >= 15 is 0 Å². The van der Waals surface area contributed by atoms with E-state index in [4.69, 9.17) is 10.5 Å². The van der Waals surface area contributed by atoms with Crippen LogP contribution in [0.25, 0.3) is 10.9 Å². The number of nitrogen functional groups attached to an aromatic ring is 1. The number of ether oxygens (including phenoxy) is 1. The van der Waals surface area contributed by atoms with Gasteiger partial charge in [-0.25, -0.2) is 4.98 Å². The summed E-state index contributed by atoms with van der Waals surface area (Å²) in [7, 11) is 0. The van der Waals surface area contributed by atoms with Crippen LogP contribution in [-0.2, 0) is 0 Å². The van der Waals surface area contributed by atoms with Crippen LogP contribution in [0.3, 0.4) is 0 Å². The maximum Gasteiger partial charge on any atom is 0.222 e. The molecule has 2 aromatic carbocycles. The summed E-state index contributed by atoms with van der Waals surface area (Å²) in [5.41, 5.74) is 9.52. The van der Waals surface area contributed by atoms with Crippen LogP contribution in [-0.4, -0.2) is 4.98 Å². The lowest BCUT2D eigenvalue weighted by Gasteiger charge is -2.10. The van der Waals surface area contributed by atoms with Crippen molar-refractivity contribution >= 4 is 16.6 Å². The van der Waals surface area contributed by atoms with Gasteiger partial charge < -0.3 is 10.5 Å². The molecule has 20 heavy (non-hydrogen) atoms. The maximum absolute atomic E-state index is 5.89. The van der Waals surface area contributed by atoms with Gasteiger partial charge in [-0.15, -0.1) is 0 Å². The van der Waals surface area contributed by atoms with E-state index in [2.05, 4.69) is 11.1 Å². The standard InChI is InChI=1S/C17H16N2O/c1-11-10-14(7-8-15(11)18)20-17-12(2)9-13-5-3-4-6-16(13)19-17/h3-10H,18H2,1-2H3. The Kier molecular flexibility index (Phi) is 3.03. The Bertz CT molecular complexity index is 781. The minimum Gasteiger partial charge on any atom is -0.439 e. The number of pyridine rings is 1. The van der Waals surface area contributed by atoms with E-state index in [9.17, 15) is 0 Å². The lowest BCUT2D eigenvalue weighted by atomic mass is 10.1. The van der Waals surface area contributed by atoms with E-state index < -0.39 is 0 Å². The van der Waals surface area contributed by atoms with Gasteiger partial charge >= 0.3 is 0 Å². The van der Waals surface area contributed by atoms with Crippen LogP contribution >= 0.6 is 0 Å². The largest absolute Gasteiger partial charge is 0.439 e. The van der Waals surface area contributed by atoms with E-state index in [0.717, 1.165) is 33.5 Å². The first-order valence-electron chi connectivity index (χ1n) is 6.54. The molecule has 0 aliphatic rings. The SMILES string of the molecule is Cc1cc(Oc2nc3ccccc3cc2C)ccc1N. The van der Waals surface area contributed by atoms with Crippen molar-refractivity contribution in [2.24, 2.45) is 0 Å². The predicted molar refractivity (Wildman–Crippen MR) is 82.1 cm³/mol. The fourth-order valence-electron chi connectivity index (χ4n) is 2.13. The molecule has 0 aliphatic carbocycles. The van der Waals surface area contributed by atoms with E-state index in [1.807, 2.05) is 56.3 Å². The summed E-state index contributed by atoms with van der Waals surface area (Å²) in [6, 6.07) is 15.7. The van der Waals surface area contributed by atoms with Crippen LogP contribution in [0, 0.1) is 13.8 Å². The summed E-state index contributed by atoms with van der Waals surface area (Å²) >= 11 is 0. The van der Waals surface area contributed by atoms with Gasteiger partial charge in [0.05, 0.1) is 5.52 Å². The molecule has 1 aromatic heterocycles. The first kappa shape index (κ1) is 12.5. The highest BCUT2D eigenvalue weighted by Crippen LogP contribution is 2.28. The van der Waals surface area contributed by atoms with E-state index in [1.54, 1.807) is 0 Å². The van der Waals surface area contributed by atoms with E-state index in [-0.39, 0.29) is 0 Å². The smallest absolute Gasteiger partial charge is 0.222 e. The van der Waals surface area contributed by atoms with Crippen molar-refractivity contribution in [3.05, 3.63) is 59.7 Å². The number of para-hydroxylation sites is 1. The first-order valence-corrected chi connectivity index (χ1v) is 6.54. The molecule has 0 spiro atoms. The highest BCUT2D eigenvalue weighted by atomic mass is 16.5. The number of hydrogen-bond acceptors (Lipinski definition) is 3. The minimum atomic E-state index is 0.632. The van der Waals surface area contributed by atoms with Gasteiger partial charge in [-0.05, 0) is 49.7 Å².